The molecule has 8 heteroatoms. The average Bonchev–Trinajstić information content (AvgIpc) is 3.19. The summed E-state index contributed by atoms with van der Waals surface area (Å²) in [6, 6.07) is 13.5. The second-order valence-corrected chi connectivity index (χ2v) is 8.35. The molecule has 0 radical (unpaired) electrons. The van der Waals surface area contributed by atoms with E-state index in [-0.39, 0.29) is 11.9 Å². The number of carbonyl (C=O) groups is 1. The first-order valence-electron chi connectivity index (χ1n) is 10.4. The lowest BCUT2D eigenvalue weighted by Gasteiger charge is -2.14. The third kappa shape index (κ3) is 4.86. The summed E-state index contributed by atoms with van der Waals surface area (Å²) in [5, 5.41) is 8.28. The highest BCUT2D eigenvalue weighted by Gasteiger charge is 2.19. The summed E-state index contributed by atoms with van der Waals surface area (Å²) in [5.41, 5.74) is 4.16. The molecule has 0 saturated heterocycles. The monoisotopic (exact) mass is 447 g/mol. The van der Waals surface area contributed by atoms with Gasteiger partial charge in [0.15, 0.2) is 5.69 Å². The molecule has 0 saturated carbocycles. The average molecular weight is 448 g/mol. The van der Waals surface area contributed by atoms with Crippen LogP contribution in [-0.4, -0.2) is 34.5 Å². The summed E-state index contributed by atoms with van der Waals surface area (Å²) in [7, 11) is 1.64. The minimum atomic E-state index is -0.212. The second-order valence-electron chi connectivity index (χ2n) is 7.47. The first kappa shape index (κ1) is 21.7. The molecular formula is C24H25N5O2S. The maximum Gasteiger partial charge on any atom is 0.271 e. The number of rotatable bonds is 8. The number of thiophene rings is 1. The molecule has 0 aliphatic heterocycles. The van der Waals surface area contributed by atoms with Crippen molar-refractivity contribution < 1.29 is 9.53 Å². The fourth-order valence-corrected chi connectivity index (χ4v) is 4.36. The van der Waals surface area contributed by atoms with E-state index in [2.05, 4.69) is 25.6 Å². The molecule has 4 aromatic rings. The van der Waals surface area contributed by atoms with Crippen molar-refractivity contribution >= 4 is 33.4 Å². The Morgan fingerprint density at radius 3 is 2.84 bits per heavy atom. The van der Waals surface area contributed by atoms with Crippen LogP contribution < -0.4 is 15.4 Å². The number of anilines is 1. The largest absolute Gasteiger partial charge is 0.497 e. The van der Waals surface area contributed by atoms with Crippen molar-refractivity contribution in [2.75, 3.05) is 19.0 Å². The van der Waals surface area contributed by atoms with Gasteiger partial charge in [0.2, 0.25) is 5.95 Å². The van der Waals surface area contributed by atoms with Gasteiger partial charge in [-0.25, -0.2) is 9.97 Å². The molecule has 0 bridgehead atoms. The zero-order valence-corrected chi connectivity index (χ0v) is 19.1. The number of fused-ring (bicyclic) bond motifs is 1. The number of benzene rings is 1. The number of aryl methyl sites for hydroxylation is 1. The summed E-state index contributed by atoms with van der Waals surface area (Å²) in [6.07, 6.45) is 2.45. The molecule has 1 aromatic carbocycles. The Labute approximate surface area is 190 Å². The van der Waals surface area contributed by atoms with Crippen LogP contribution in [0.5, 0.6) is 5.75 Å². The highest BCUT2D eigenvalue weighted by Crippen LogP contribution is 2.28. The highest BCUT2D eigenvalue weighted by molar-refractivity contribution is 7.17. The summed E-state index contributed by atoms with van der Waals surface area (Å²) in [5.74, 6) is 1.00. The Hall–Kier alpha value is -3.52. The minimum absolute atomic E-state index is 0.100. The predicted molar refractivity (Wildman–Crippen MR) is 127 cm³/mol. The van der Waals surface area contributed by atoms with Gasteiger partial charge in [0.25, 0.3) is 5.91 Å². The van der Waals surface area contributed by atoms with Crippen molar-refractivity contribution in [2.24, 2.45) is 0 Å². The van der Waals surface area contributed by atoms with E-state index in [1.54, 1.807) is 13.3 Å². The number of carbonyl (C=O) groups excluding carboxylic acids is 1. The maximum atomic E-state index is 13.0. The quantitative estimate of drug-likeness (QED) is 0.412. The number of ether oxygens (including phenoxy) is 1. The first-order chi connectivity index (χ1) is 15.5. The predicted octanol–water partition coefficient (Wildman–Crippen LogP) is 4.55. The second kappa shape index (κ2) is 9.74. The lowest BCUT2D eigenvalue weighted by molar-refractivity contribution is 0.0951. The van der Waals surface area contributed by atoms with E-state index < -0.39 is 0 Å². The van der Waals surface area contributed by atoms with Gasteiger partial charge in [0.05, 0.1) is 29.1 Å². The van der Waals surface area contributed by atoms with E-state index in [1.807, 2.05) is 61.7 Å². The van der Waals surface area contributed by atoms with Crippen LogP contribution in [0.15, 0.2) is 54.0 Å². The lowest BCUT2D eigenvalue weighted by atomic mass is 10.1. The fourth-order valence-electron chi connectivity index (χ4n) is 3.38. The first-order valence-corrected chi connectivity index (χ1v) is 11.3. The van der Waals surface area contributed by atoms with Crippen LogP contribution >= 0.6 is 11.3 Å². The van der Waals surface area contributed by atoms with Gasteiger partial charge < -0.3 is 15.4 Å². The van der Waals surface area contributed by atoms with Crippen molar-refractivity contribution in [3.8, 4) is 5.75 Å². The molecule has 4 rings (SSSR count). The molecular weight excluding hydrogens is 422 g/mol. The fraction of sp³-hybridized carbons (Fsp3) is 0.250. The molecule has 0 aliphatic carbocycles. The molecule has 32 heavy (non-hydrogen) atoms. The molecule has 1 amide bonds. The standard InChI is InChI=1S/C24H25N5O2S/c1-15-14-32-22-20(15)28-24(27-16(2)19-9-4-5-11-25-19)29-21(22)23(30)26-12-10-17-7-6-8-18(13-17)31-3/h4-9,11,13-14,16H,10,12H2,1-3H3,(H,26,30)(H,27,28,29)/t16-/m0/s1. The lowest BCUT2D eigenvalue weighted by Crippen LogP contribution is -2.27. The normalized spacial score (nSPS) is 11.8. The summed E-state index contributed by atoms with van der Waals surface area (Å²) in [6.45, 7) is 4.47. The molecule has 0 fully saturated rings. The molecule has 7 nitrogen and oxygen atoms in total. The Morgan fingerprint density at radius 1 is 1.19 bits per heavy atom. The zero-order chi connectivity index (χ0) is 22.5. The number of methoxy groups -OCH3 is 1. The third-order valence-corrected chi connectivity index (χ3v) is 6.21. The van der Waals surface area contributed by atoms with E-state index >= 15 is 0 Å². The van der Waals surface area contributed by atoms with Gasteiger partial charge in [-0.2, -0.15) is 0 Å². The number of amides is 1. The number of nitrogens with one attached hydrogen (secondary N) is 2. The topological polar surface area (TPSA) is 89.0 Å². The third-order valence-electron chi connectivity index (χ3n) is 5.12. The molecule has 2 N–H and O–H groups in total. The maximum absolute atomic E-state index is 13.0. The van der Waals surface area contributed by atoms with Crippen LogP contribution in [0.3, 0.4) is 0 Å². The van der Waals surface area contributed by atoms with Crippen LogP contribution in [0.25, 0.3) is 10.2 Å². The van der Waals surface area contributed by atoms with Gasteiger partial charge in [-0.15, -0.1) is 11.3 Å². The van der Waals surface area contributed by atoms with Crippen molar-refractivity contribution in [1.82, 2.24) is 20.3 Å². The number of nitrogens with zero attached hydrogens (tertiary/aromatic N) is 3. The Morgan fingerprint density at radius 2 is 2.06 bits per heavy atom. The molecule has 1 atom stereocenters. The summed E-state index contributed by atoms with van der Waals surface area (Å²) < 4.78 is 6.05. The van der Waals surface area contributed by atoms with Crippen LogP contribution in [-0.2, 0) is 6.42 Å². The Bertz CT molecular complexity index is 1230. The van der Waals surface area contributed by atoms with Crippen LogP contribution in [0, 0.1) is 6.92 Å². The van der Waals surface area contributed by atoms with E-state index in [9.17, 15) is 4.79 Å². The van der Waals surface area contributed by atoms with Crippen molar-refractivity contribution in [3.05, 3.63) is 76.6 Å². The van der Waals surface area contributed by atoms with E-state index in [4.69, 9.17) is 4.74 Å². The van der Waals surface area contributed by atoms with Gasteiger partial charge in [0.1, 0.15) is 5.75 Å². The van der Waals surface area contributed by atoms with E-state index in [0.29, 0.717) is 24.6 Å². The van der Waals surface area contributed by atoms with Crippen LogP contribution in [0.4, 0.5) is 5.95 Å². The number of hydrogen-bond donors (Lipinski definition) is 2. The number of aromatic nitrogens is 3. The van der Waals surface area contributed by atoms with Crippen molar-refractivity contribution in [2.45, 2.75) is 26.3 Å². The summed E-state index contributed by atoms with van der Waals surface area (Å²) >= 11 is 1.49. The molecule has 0 aliphatic rings. The van der Waals surface area contributed by atoms with Gasteiger partial charge in [-0.05, 0) is 61.0 Å². The molecule has 164 valence electrons. The Kier molecular flexibility index (Phi) is 6.61. The van der Waals surface area contributed by atoms with Crippen LogP contribution in [0.2, 0.25) is 0 Å². The SMILES string of the molecule is COc1cccc(CCNC(=O)c2nc(N[C@@H](C)c3ccccn3)nc3c(C)csc23)c1. The molecule has 3 aromatic heterocycles. The smallest absolute Gasteiger partial charge is 0.271 e. The van der Waals surface area contributed by atoms with E-state index in [0.717, 1.165) is 32.8 Å². The molecule has 3 heterocycles. The Balaban J connectivity index is 1.52. The van der Waals surface area contributed by atoms with Gasteiger partial charge >= 0.3 is 0 Å². The number of pyridine rings is 1. The van der Waals surface area contributed by atoms with Gasteiger partial charge in [0, 0.05) is 12.7 Å². The van der Waals surface area contributed by atoms with Gasteiger partial charge in [-0.3, -0.25) is 9.78 Å². The van der Waals surface area contributed by atoms with Crippen molar-refractivity contribution in [1.29, 1.82) is 0 Å². The zero-order valence-electron chi connectivity index (χ0n) is 18.3. The molecule has 0 unspecified atom stereocenters. The molecule has 0 spiro atoms. The summed E-state index contributed by atoms with van der Waals surface area (Å²) in [4.78, 5) is 26.6. The highest BCUT2D eigenvalue weighted by atomic mass is 32.1. The minimum Gasteiger partial charge on any atom is -0.497 e. The van der Waals surface area contributed by atoms with Crippen LogP contribution in [0.1, 0.15) is 40.3 Å². The van der Waals surface area contributed by atoms with Gasteiger partial charge in [-0.1, -0.05) is 18.2 Å². The van der Waals surface area contributed by atoms with E-state index in [1.165, 1.54) is 11.3 Å². The van der Waals surface area contributed by atoms with Crippen molar-refractivity contribution in [3.63, 3.8) is 0 Å². The number of hydrogen-bond acceptors (Lipinski definition) is 7.